The van der Waals surface area contributed by atoms with E-state index in [2.05, 4.69) is 37.9 Å². The van der Waals surface area contributed by atoms with E-state index in [0.29, 0.717) is 12.2 Å². The number of nitrogens with zero attached hydrogens (tertiary/aromatic N) is 1. The molecule has 2 heterocycles. The quantitative estimate of drug-likeness (QED) is 0.857. The summed E-state index contributed by atoms with van der Waals surface area (Å²) in [7, 11) is 0. The Morgan fingerprint density at radius 2 is 1.80 bits per heavy atom. The van der Waals surface area contributed by atoms with Gasteiger partial charge in [-0.3, -0.25) is 4.90 Å². The zero-order valence-corrected chi connectivity index (χ0v) is 14.0. The van der Waals surface area contributed by atoms with Crippen LogP contribution in [-0.2, 0) is 4.74 Å². The van der Waals surface area contributed by atoms with Crippen molar-refractivity contribution in [3.63, 3.8) is 0 Å². The van der Waals surface area contributed by atoms with Crippen LogP contribution in [0.4, 0.5) is 0 Å². The average Bonchev–Trinajstić information content (AvgIpc) is 2.71. The largest absolute Gasteiger partial charge is 0.372 e. The highest BCUT2D eigenvalue weighted by Crippen LogP contribution is 2.23. The fourth-order valence-electron chi connectivity index (χ4n) is 3.35. The SMILES string of the molecule is CC1CCCCCN1CC1CCC(CNC(C)(C)C)O1. The summed E-state index contributed by atoms with van der Waals surface area (Å²) in [5.41, 5.74) is 0.195. The first kappa shape index (κ1) is 16.3. The highest BCUT2D eigenvalue weighted by molar-refractivity contribution is 4.82. The molecule has 0 spiro atoms. The second-order valence-electron chi connectivity index (χ2n) is 7.78. The summed E-state index contributed by atoms with van der Waals surface area (Å²) in [6.45, 7) is 12.5. The molecule has 2 aliphatic rings. The highest BCUT2D eigenvalue weighted by Gasteiger charge is 2.29. The number of hydrogen-bond donors (Lipinski definition) is 1. The van der Waals surface area contributed by atoms with Crippen molar-refractivity contribution < 1.29 is 4.74 Å². The first-order chi connectivity index (χ1) is 9.44. The predicted molar refractivity (Wildman–Crippen MR) is 85.2 cm³/mol. The Bertz CT molecular complexity index is 287. The molecule has 0 aromatic rings. The maximum Gasteiger partial charge on any atom is 0.0707 e. The molecule has 0 aromatic carbocycles. The van der Waals surface area contributed by atoms with E-state index >= 15 is 0 Å². The van der Waals surface area contributed by atoms with E-state index in [1.54, 1.807) is 0 Å². The smallest absolute Gasteiger partial charge is 0.0707 e. The van der Waals surface area contributed by atoms with Crippen LogP contribution in [0.5, 0.6) is 0 Å². The molecule has 1 N–H and O–H groups in total. The number of ether oxygens (including phenoxy) is 1. The van der Waals surface area contributed by atoms with E-state index in [0.717, 1.165) is 19.1 Å². The van der Waals surface area contributed by atoms with Crippen LogP contribution in [0.2, 0.25) is 0 Å². The molecular formula is C17H34N2O. The minimum absolute atomic E-state index is 0.195. The molecule has 0 radical (unpaired) electrons. The fraction of sp³-hybridized carbons (Fsp3) is 1.00. The van der Waals surface area contributed by atoms with Crippen molar-refractivity contribution in [1.29, 1.82) is 0 Å². The lowest BCUT2D eigenvalue weighted by atomic mass is 10.1. The Kier molecular flexibility index (Phi) is 5.88. The fourth-order valence-corrected chi connectivity index (χ4v) is 3.35. The van der Waals surface area contributed by atoms with Crippen LogP contribution in [0.25, 0.3) is 0 Å². The molecule has 2 fully saturated rings. The van der Waals surface area contributed by atoms with Gasteiger partial charge in [0.2, 0.25) is 0 Å². The molecule has 0 aliphatic carbocycles. The Hall–Kier alpha value is -0.120. The van der Waals surface area contributed by atoms with E-state index < -0.39 is 0 Å². The van der Waals surface area contributed by atoms with Gasteiger partial charge >= 0.3 is 0 Å². The zero-order chi connectivity index (χ0) is 14.6. The molecule has 3 nitrogen and oxygen atoms in total. The molecule has 0 aromatic heterocycles. The number of likely N-dealkylation sites (tertiary alicyclic amines) is 1. The molecule has 3 heteroatoms. The van der Waals surface area contributed by atoms with Gasteiger partial charge in [-0.1, -0.05) is 12.8 Å². The third-order valence-electron chi connectivity index (χ3n) is 4.68. The first-order valence-corrected chi connectivity index (χ1v) is 8.58. The van der Waals surface area contributed by atoms with Gasteiger partial charge in [0.15, 0.2) is 0 Å². The van der Waals surface area contributed by atoms with E-state index in [-0.39, 0.29) is 5.54 Å². The second-order valence-corrected chi connectivity index (χ2v) is 7.78. The Balaban J connectivity index is 1.72. The van der Waals surface area contributed by atoms with Crippen LogP contribution < -0.4 is 5.32 Å². The number of nitrogens with one attached hydrogen (secondary N) is 1. The maximum absolute atomic E-state index is 6.24. The zero-order valence-electron chi connectivity index (χ0n) is 14.0. The van der Waals surface area contributed by atoms with E-state index in [1.165, 1.54) is 45.1 Å². The lowest BCUT2D eigenvalue weighted by Crippen LogP contribution is -2.42. The second kappa shape index (κ2) is 7.24. The van der Waals surface area contributed by atoms with E-state index in [1.807, 2.05) is 0 Å². The van der Waals surface area contributed by atoms with E-state index in [4.69, 9.17) is 4.74 Å². The first-order valence-electron chi connectivity index (χ1n) is 8.58. The highest BCUT2D eigenvalue weighted by atomic mass is 16.5. The topological polar surface area (TPSA) is 24.5 Å². The minimum Gasteiger partial charge on any atom is -0.372 e. The summed E-state index contributed by atoms with van der Waals surface area (Å²) in [6.07, 6.45) is 8.87. The summed E-state index contributed by atoms with van der Waals surface area (Å²) >= 11 is 0. The van der Waals surface area contributed by atoms with Crippen molar-refractivity contribution in [2.75, 3.05) is 19.6 Å². The summed E-state index contributed by atoms with van der Waals surface area (Å²) < 4.78 is 6.24. The van der Waals surface area contributed by atoms with Gasteiger partial charge in [0.05, 0.1) is 12.2 Å². The molecule has 2 saturated heterocycles. The molecule has 0 bridgehead atoms. The molecule has 0 amide bonds. The molecule has 20 heavy (non-hydrogen) atoms. The summed E-state index contributed by atoms with van der Waals surface area (Å²) in [5.74, 6) is 0. The monoisotopic (exact) mass is 282 g/mol. The standard InChI is InChI=1S/C17H34N2O/c1-14-8-6-5-7-11-19(14)13-16-10-9-15(20-16)12-18-17(2,3)4/h14-16,18H,5-13H2,1-4H3. The van der Waals surface area contributed by atoms with Crippen molar-refractivity contribution in [1.82, 2.24) is 10.2 Å². The molecular weight excluding hydrogens is 248 g/mol. The third-order valence-corrected chi connectivity index (χ3v) is 4.68. The van der Waals surface area contributed by atoms with Crippen molar-refractivity contribution >= 4 is 0 Å². The summed E-state index contributed by atoms with van der Waals surface area (Å²) in [6, 6.07) is 0.743. The molecule has 3 unspecified atom stereocenters. The van der Waals surface area contributed by atoms with Gasteiger partial charge in [0.25, 0.3) is 0 Å². The normalized spacial score (nSPS) is 33.3. The summed E-state index contributed by atoms with van der Waals surface area (Å²) in [5, 5.41) is 3.57. The van der Waals surface area contributed by atoms with Crippen LogP contribution in [-0.4, -0.2) is 48.3 Å². The average molecular weight is 282 g/mol. The van der Waals surface area contributed by atoms with Gasteiger partial charge in [0.1, 0.15) is 0 Å². The Labute approximate surface area is 125 Å². The van der Waals surface area contributed by atoms with Crippen molar-refractivity contribution in [2.24, 2.45) is 0 Å². The molecule has 118 valence electrons. The van der Waals surface area contributed by atoms with Crippen LogP contribution in [0.1, 0.15) is 66.2 Å². The van der Waals surface area contributed by atoms with Gasteiger partial charge in [-0.15, -0.1) is 0 Å². The molecule has 2 aliphatic heterocycles. The van der Waals surface area contributed by atoms with Gasteiger partial charge in [-0.25, -0.2) is 0 Å². The van der Waals surface area contributed by atoms with E-state index in [9.17, 15) is 0 Å². The van der Waals surface area contributed by atoms with Gasteiger partial charge in [0, 0.05) is 24.7 Å². The minimum atomic E-state index is 0.195. The Morgan fingerprint density at radius 3 is 2.55 bits per heavy atom. The number of rotatable bonds is 4. The maximum atomic E-state index is 6.24. The summed E-state index contributed by atoms with van der Waals surface area (Å²) in [4.78, 5) is 2.66. The molecule has 2 rings (SSSR count). The van der Waals surface area contributed by atoms with Crippen LogP contribution in [0, 0.1) is 0 Å². The third kappa shape index (κ3) is 5.34. The number of hydrogen-bond acceptors (Lipinski definition) is 3. The predicted octanol–water partition coefficient (Wildman–Crippen LogP) is 3.19. The Morgan fingerprint density at radius 1 is 1.05 bits per heavy atom. The lowest BCUT2D eigenvalue weighted by Gasteiger charge is -2.29. The van der Waals surface area contributed by atoms with Crippen molar-refractivity contribution in [3.05, 3.63) is 0 Å². The van der Waals surface area contributed by atoms with Crippen LogP contribution in [0.15, 0.2) is 0 Å². The van der Waals surface area contributed by atoms with Crippen LogP contribution in [0.3, 0.4) is 0 Å². The molecule has 0 saturated carbocycles. The van der Waals surface area contributed by atoms with Crippen molar-refractivity contribution in [3.8, 4) is 0 Å². The lowest BCUT2D eigenvalue weighted by molar-refractivity contribution is 0.0142. The molecule has 3 atom stereocenters. The van der Waals surface area contributed by atoms with Gasteiger partial charge < -0.3 is 10.1 Å². The van der Waals surface area contributed by atoms with Crippen LogP contribution >= 0.6 is 0 Å². The van der Waals surface area contributed by atoms with Gasteiger partial charge in [-0.05, 0) is 59.9 Å². The van der Waals surface area contributed by atoms with Crippen molar-refractivity contribution in [2.45, 2.75) is 90.0 Å². The van der Waals surface area contributed by atoms with Gasteiger partial charge in [-0.2, -0.15) is 0 Å².